The molecule has 0 aromatic carbocycles. The minimum Gasteiger partial charge on any atom is -0.466 e. The Morgan fingerprint density at radius 2 is 2.38 bits per heavy atom. The lowest BCUT2D eigenvalue weighted by atomic mass is 10.4. The number of aryl methyl sites for hydroxylation is 2. The van der Waals surface area contributed by atoms with Gasteiger partial charge in [0.15, 0.2) is 0 Å². The predicted molar refractivity (Wildman–Crippen MR) is 50.4 cm³/mol. The largest absolute Gasteiger partial charge is 0.466 e. The Hall–Kier alpha value is -1.25. The summed E-state index contributed by atoms with van der Waals surface area (Å²) >= 11 is 0. The zero-order valence-electron chi connectivity index (χ0n) is 8.12. The molecule has 0 aliphatic carbocycles. The first kappa shape index (κ1) is 9.84. The van der Waals surface area contributed by atoms with Gasteiger partial charge in [-0.15, -0.1) is 0 Å². The SMILES string of the molecule is CCOC(=O)CCn1ccc(C)c1. The summed E-state index contributed by atoms with van der Waals surface area (Å²) in [6, 6.07) is 2.02. The fourth-order valence-corrected chi connectivity index (χ4v) is 1.15. The Labute approximate surface area is 78.3 Å². The van der Waals surface area contributed by atoms with Gasteiger partial charge in [-0.3, -0.25) is 4.79 Å². The molecule has 1 rings (SSSR count). The molecule has 3 heteroatoms. The molecule has 13 heavy (non-hydrogen) atoms. The van der Waals surface area contributed by atoms with E-state index < -0.39 is 0 Å². The third-order valence-corrected chi connectivity index (χ3v) is 1.78. The van der Waals surface area contributed by atoms with Crippen LogP contribution in [0.4, 0.5) is 0 Å². The highest BCUT2D eigenvalue weighted by molar-refractivity contribution is 5.69. The Kier molecular flexibility index (Phi) is 3.55. The number of ether oxygens (including phenoxy) is 1. The second-order valence-corrected chi connectivity index (χ2v) is 2.98. The fraction of sp³-hybridized carbons (Fsp3) is 0.500. The maximum Gasteiger partial charge on any atom is 0.307 e. The van der Waals surface area contributed by atoms with Crippen LogP contribution in [0.25, 0.3) is 0 Å². The lowest BCUT2D eigenvalue weighted by Gasteiger charge is -2.02. The van der Waals surface area contributed by atoms with Crippen LogP contribution in [0.1, 0.15) is 18.9 Å². The zero-order chi connectivity index (χ0) is 9.68. The molecule has 0 aliphatic heterocycles. The Balaban J connectivity index is 2.30. The quantitative estimate of drug-likeness (QED) is 0.663. The summed E-state index contributed by atoms with van der Waals surface area (Å²) in [6.07, 6.45) is 4.43. The van der Waals surface area contributed by atoms with E-state index in [1.54, 1.807) is 0 Å². The van der Waals surface area contributed by atoms with Gasteiger partial charge in [-0.25, -0.2) is 0 Å². The molecule has 0 atom stereocenters. The minimum atomic E-state index is -0.131. The van der Waals surface area contributed by atoms with Crippen molar-refractivity contribution >= 4 is 5.97 Å². The predicted octanol–water partition coefficient (Wildman–Crippen LogP) is 1.75. The van der Waals surface area contributed by atoms with E-state index in [0.717, 1.165) is 0 Å². The summed E-state index contributed by atoms with van der Waals surface area (Å²) in [5.74, 6) is -0.131. The van der Waals surface area contributed by atoms with Crippen molar-refractivity contribution in [1.29, 1.82) is 0 Å². The van der Waals surface area contributed by atoms with Crippen LogP contribution in [0.3, 0.4) is 0 Å². The van der Waals surface area contributed by atoms with E-state index in [1.807, 2.05) is 36.9 Å². The van der Waals surface area contributed by atoms with Crippen molar-refractivity contribution < 1.29 is 9.53 Å². The number of esters is 1. The van der Waals surface area contributed by atoms with Gasteiger partial charge in [-0.05, 0) is 25.5 Å². The number of carbonyl (C=O) groups is 1. The average Bonchev–Trinajstić information content (AvgIpc) is 2.49. The second kappa shape index (κ2) is 4.70. The van der Waals surface area contributed by atoms with Crippen LogP contribution in [-0.2, 0) is 16.1 Å². The van der Waals surface area contributed by atoms with Gasteiger partial charge in [-0.2, -0.15) is 0 Å². The summed E-state index contributed by atoms with van der Waals surface area (Å²) in [6.45, 7) is 5.01. The van der Waals surface area contributed by atoms with Crippen molar-refractivity contribution in [1.82, 2.24) is 4.57 Å². The first-order chi connectivity index (χ1) is 6.22. The van der Waals surface area contributed by atoms with Crippen LogP contribution in [0.15, 0.2) is 18.5 Å². The number of nitrogens with zero attached hydrogens (tertiary/aromatic N) is 1. The van der Waals surface area contributed by atoms with E-state index in [4.69, 9.17) is 4.74 Å². The summed E-state index contributed by atoms with van der Waals surface area (Å²) in [5.41, 5.74) is 1.21. The summed E-state index contributed by atoms with van der Waals surface area (Å²) in [5, 5.41) is 0. The third kappa shape index (κ3) is 3.32. The normalized spacial score (nSPS) is 10.0. The van der Waals surface area contributed by atoms with Crippen molar-refractivity contribution in [2.24, 2.45) is 0 Å². The molecule has 0 saturated carbocycles. The first-order valence-electron chi connectivity index (χ1n) is 4.50. The van der Waals surface area contributed by atoms with Crippen LogP contribution in [0, 0.1) is 6.92 Å². The van der Waals surface area contributed by atoms with E-state index in [-0.39, 0.29) is 5.97 Å². The number of hydrogen-bond acceptors (Lipinski definition) is 2. The van der Waals surface area contributed by atoms with Gasteiger partial charge in [0.05, 0.1) is 13.0 Å². The topological polar surface area (TPSA) is 31.2 Å². The van der Waals surface area contributed by atoms with E-state index in [2.05, 4.69) is 0 Å². The van der Waals surface area contributed by atoms with Crippen molar-refractivity contribution in [3.63, 3.8) is 0 Å². The minimum absolute atomic E-state index is 0.131. The Morgan fingerprint density at radius 3 is 2.92 bits per heavy atom. The molecule has 72 valence electrons. The summed E-state index contributed by atoms with van der Waals surface area (Å²) in [7, 11) is 0. The molecule has 0 fully saturated rings. The van der Waals surface area contributed by atoms with Crippen LogP contribution in [0.5, 0.6) is 0 Å². The molecule has 0 N–H and O–H groups in total. The monoisotopic (exact) mass is 181 g/mol. The number of aromatic nitrogens is 1. The molecular formula is C10H15NO2. The second-order valence-electron chi connectivity index (χ2n) is 2.98. The number of hydrogen-bond donors (Lipinski definition) is 0. The smallest absolute Gasteiger partial charge is 0.307 e. The molecular weight excluding hydrogens is 166 g/mol. The van der Waals surface area contributed by atoms with Crippen molar-refractivity contribution in [3.05, 3.63) is 24.0 Å². The van der Waals surface area contributed by atoms with Gasteiger partial charge in [-0.1, -0.05) is 0 Å². The zero-order valence-corrected chi connectivity index (χ0v) is 8.12. The molecule has 0 saturated heterocycles. The van der Waals surface area contributed by atoms with Crippen LogP contribution in [0.2, 0.25) is 0 Å². The Bertz CT molecular complexity index is 278. The van der Waals surface area contributed by atoms with E-state index in [9.17, 15) is 4.79 Å². The van der Waals surface area contributed by atoms with Crippen LogP contribution < -0.4 is 0 Å². The fourth-order valence-electron chi connectivity index (χ4n) is 1.15. The van der Waals surface area contributed by atoms with E-state index in [0.29, 0.717) is 19.6 Å². The summed E-state index contributed by atoms with van der Waals surface area (Å²) in [4.78, 5) is 11.0. The Morgan fingerprint density at radius 1 is 1.62 bits per heavy atom. The molecule has 0 spiro atoms. The molecule has 0 radical (unpaired) electrons. The number of carbonyl (C=O) groups excluding carboxylic acids is 1. The maximum atomic E-state index is 11.0. The van der Waals surface area contributed by atoms with E-state index >= 15 is 0 Å². The molecule has 0 amide bonds. The number of rotatable bonds is 4. The van der Waals surface area contributed by atoms with Crippen molar-refractivity contribution in [2.45, 2.75) is 26.8 Å². The maximum absolute atomic E-state index is 11.0. The summed E-state index contributed by atoms with van der Waals surface area (Å²) < 4.78 is 6.81. The van der Waals surface area contributed by atoms with E-state index in [1.165, 1.54) is 5.56 Å². The molecule has 0 unspecified atom stereocenters. The van der Waals surface area contributed by atoms with Gasteiger partial charge in [0.1, 0.15) is 0 Å². The van der Waals surface area contributed by atoms with Gasteiger partial charge in [0, 0.05) is 18.9 Å². The van der Waals surface area contributed by atoms with Crippen LogP contribution in [-0.4, -0.2) is 17.1 Å². The molecule has 1 aromatic rings. The van der Waals surface area contributed by atoms with Gasteiger partial charge < -0.3 is 9.30 Å². The van der Waals surface area contributed by atoms with Crippen LogP contribution >= 0.6 is 0 Å². The van der Waals surface area contributed by atoms with Crippen molar-refractivity contribution in [2.75, 3.05) is 6.61 Å². The lowest BCUT2D eigenvalue weighted by molar-refractivity contribution is -0.143. The highest BCUT2D eigenvalue weighted by Crippen LogP contribution is 2.00. The standard InChI is InChI=1S/C10H15NO2/c1-3-13-10(12)5-7-11-6-4-9(2)8-11/h4,6,8H,3,5,7H2,1-2H3. The highest BCUT2D eigenvalue weighted by Gasteiger charge is 2.01. The molecule has 1 heterocycles. The van der Waals surface area contributed by atoms with Crippen molar-refractivity contribution in [3.8, 4) is 0 Å². The molecule has 1 aromatic heterocycles. The van der Waals surface area contributed by atoms with Gasteiger partial charge in [0.25, 0.3) is 0 Å². The lowest BCUT2D eigenvalue weighted by Crippen LogP contribution is -2.07. The molecule has 0 bridgehead atoms. The highest BCUT2D eigenvalue weighted by atomic mass is 16.5. The molecule has 3 nitrogen and oxygen atoms in total. The van der Waals surface area contributed by atoms with Gasteiger partial charge in [0.2, 0.25) is 0 Å². The third-order valence-electron chi connectivity index (χ3n) is 1.78. The molecule has 0 aliphatic rings. The van der Waals surface area contributed by atoms with Gasteiger partial charge >= 0.3 is 5.97 Å². The average molecular weight is 181 g/mol. The first-order valence-corrected chi connectivity index (χ1v) is 4.50.